The van der Waals surface area contributed by atoms with Gasteiger partial charge in [0.15, 0.2) is 5.82 Å². The molecule has 0 saturated carbocycles. The SMILES string of the molecule is CCCC(OCC)c1ncc(C(=O)OCC)c(C)n1. The Labute approximate surface area is 114 Å². The molecule has 0 radical (unpaired) electrons. The fourth-order valence-electron chi connectivity index (χ4n) is 1.80. The normalized spacial score (nSPS) is 12.2. The largest absolute Gasteiger partial charge is 0.462 e. The number of rotatable bonds is 7. The second-order valence-electron chi connectivity index (χ2n) is 4.18. The van der Waals surface area contributed by atoms with Crippen molar-refractivity contribution in [2.24, 2.45) is 0 Å². The van der Waals surface area contributed by atoms with Crippen LogP contribution in [0.1, 0.15) is 61.6 Å². The van der Waals surface area contributed by atoms with Crippen molar-refractivity contribution in [2.75, 3.05) is 13.2 Å². The number of hydrogen-bond acceptors (Lipinski definition) is 5. The van der Waals surface area contributed by atoms with E-state index in [1.165, 1.54) is 6.20 Å². The molecule has 1 aromatic heterocycles. The first-order valence-electron chi connectivity index (χ1n) is 6.76. The summed E-state index contributed by atoms with van der Waals surface area (Å²) < 4.78 is 10.6. The summed E-state index contributed by atoms with van der Waals surface area (Å²) in [7, 11) is 0. The maximum atomic E-state index is 11.7. The van der Waals surface area contributed by atoms with Gasteiger partial charge in [-0.1, -0.05) is 13.3 Å². The molecule has 1 unspecified atom stereocenters. The second-order valence-corrected chi connectivity index (χ2v) is 4.18. The molecule has 1 atom stereocenters. The van der Waals surface area contributed by atoms with E-state index in [1.807, 2.05) is 6.92 Å². The van der Waals surface area contributed by atoms with Gasteiger partial charge in [0, 0.05) is 12.8 Å². The van der Waals surface area contributed by atoms with E-state index in [4.69, 9.17) is 9.47 Å². The van der Waals surface area contributed by atoms with E-state index in [-0.39, 0.29) is 12.1 Å². The lowest BCUT2D eigenvalue weighted by molar-refractivity contribution is 0.0480. The molecule has 1 rings (SSSR count). The number of esters is 1. The van der Waals surface area contributed by atoms with Gasteiger partial charge in [0.2, 0.25) is 0 Å². The second kappa shape index (κ2) is 7.84. The summed E-state index contributed by atoms with van der Waals surface area (Å²) in [5.41, 5.74) is 1.04. The summed E-state index contributed by atoms with van der Waals surface area (Å²) in [5.74, 6) is 0.254. The number of aryl methyl sites for hydroxylation is 1. The van der Waals surface area contributed by atoms with Crippen molar-refractivity contribution in [2.45, 2.75) is 46.6 Å². The van der Waals surface area contributed by atoms with Gasteiger partial charge in [-0.25, -0.2) is 14.8 Å². The third-order valence-corrected chi connectivity index (χ3v) is 2.70. The summed E-state index contributed by atoms with van der Waals surface area (Å²) >= 11 is 0. The Balaban J connectivity index is 2.93. The standard InChI is InChI=1S/C14H22N2O3/c1-5-8-12(18-6-2)13-15-9-11(10(4)16-13)14(17)19-7-3/h9,12H,5-8H2,1-4H3. The third kappa shape index (κ3) is 4.28. The number of carbonyl (C=O) groups is 1. The zero-order valence-electron chi connectivity index (χ0n) is 12.1. The van der Waals surface area contributed by atoms with Crippen LogP contribution < -0.4 is 0 Å². The minimum absolute atomic E-state index is 0.107. The zero-order chi connectivity index (χ0) is 14.3. The van der Waals surface area contributed by atoms with E-state index in [1.54, 1.807) is 13.8 Å². The van der Waals surface area contributed by atoms with Gasteiger partial charge in [-0.3, -0.25) is 0 Å². The predicted molar refractivity (Wildman–Crippen MR) is 72.0 cm³/mol. The molecule has 5 heteroatoms. The summed E-state index contributed by atoms with van der Waals surface area (Å²) in [4.78, 5) is 20.3. The Morgan fingerprint density at radius 2 is 2.05 bits per heavy atom. The van der Waals surface area contributed by atoms with Gasteiger partial charge in [-0.15, -0.1) is 0 Å². The molecular formula is C14H22N2O3. The fraction of sp³-hybridized carbons (Fsp3) is 0.643. The number of ether oxygens (including phenoxy) is 2. The van der Waals surface area contributed by atoms with Crippen LogP contribution in [0.2, 0.25) is 0 Å². The Morgan fingerprint density at radius 1 is 1.32 bits per heavy atom. The lowest BCUT2D eigenvalue weighted by Gasteiger charge is -2.15. The van der Waals surface area contributed by atoms with E-state index in [9.17, 15) is 4.79 Å². The molecule has 0 spiro atoms. The van der Waals surface area contributed by atoms with E-state index in [2.05, 4.69) is 16.9 Å². The predicted octanol–water partition coefficient (Wildman–Crippen LogP) is 2.84. The molecule has 0 fully saturated rings. The lowest BCUT2D eigenvalue weighted by Crippen LogP contribution is -2.14. The van der Waals surface area contributed by atoms with Gasteiger partial charge < -0.3 is 9.47 Å². The van der Waals surface area contributed by atoms with Gasteiger partial charge in [0.1, 0.15) is 6.10 Å². The molecule has 1 aromatic rings. The Bertz CT molecular complexity index is 415. The molecule has 0 saturated heterocycles. The zero-order valence-corrected chi connectivity index (χ0v) is 12.1. The van der Waals surface area contributed by atoms with Crippen molar-refractivity contribution < 1.29 is 14.3 Å². The Kier molecular flexibility index (Phi) is 6.42. The maximum absolute atomic E-state index is 11.7. The van der Waals surface area contributed by atoms with E-state index < -0.39 is 0 Å². The number of carbonyl (C=O) groups excluding carboxylic acids is 1. The summed E-state index contributed by atoms with van der Waals surface area (Å²) in [5, 5.41) is 0. The number of hydrogen-bond donors (Lipinski definition) is 0. The first-order chi connectivity index (χ1) is 9.13. The molecule has 0 aromatic carbocycles. The summed E-state index contributed by atoms with van der Waals surface area (Å²) in [6.07, 6.45) is 3.28. The molecule has 0 amide bonds. The maximum Gasteiger partial charge on any atom is 0.341 e. The molecule has 0 bridgehead atoms. The Hall–Kier alpha value is -1.49. The molecular weight excluding hydrogens is 244 g/mol. The highest BCUT2D eigenvalue weighted by molar-refractivity contribution is 5.90. The Morgan fingerprint density at radius 3 is 2.58 bits per heavy atom. The summed E-state index contributed by atoms with van der Waals surface area (Å²) in [6, 6.07) is 0. The quantitative estimate of drug-likeness (QED) is 0.710. The van der Waals surface area contributed by atoms with Crippen LogP contribution in [-0.2, 0) is 9.47 Å². The molecule has 0 aliphatic heterocycles. The van der Waals surface area contributed by atoms with E-state index in [0.29, 0.717) is 30.3 Å². The van der Waals surface area contributed by atoms with E-state index >= 15 is 0 Å². The number of aromatic nitrogens is 2. The highest BCUT2D eigenvalue weighted by Crippen LogP contribution is 2.20. The monoisotopic (exact) mass is 266 g/mol. The van der Waals surface area contributed by atoms with Crippen molar-refractivity contribution >= 4 is 5.97 Å². The molecule has 1 heterocycles. The van der Waals surface area contributed by atoms with Gasteiger partial charge in [0.05, 0.1) is 17.9 Å². The summed E-state index contributed by atoms with van der Waals surface area (Å²) in [6.45, 7) is 8.56. The van der Waals surface area contributed by atoms with Crippen LogP contribution >= 0.6 is 0 Å². The van der Waals surface area contributed by atoms with Crippen molar-refractivity contribution in [1.29, 1.82) is 0 Å². The topological polar surface area (TPSA) is 61.3 Å². The van der Waals surface area contributed by atoms with Gasteiger partial charge in [0.25, 0.3) is 0 Å². The van der Waals surface area contributed by atoms with Crippen LogP contribution in [0.5, 0.6) is 0 Å². The smallest absolute Gasteiger partial charge is 0.341 e. The first kappa shape index (κ1) is 15.6. The first-order valence-corrected chi connectivity index (χ1v) is 6.76. The van der Waals surface area contributed by atoms with Crippen molar-refractivity contribution in [1.82, 2.24) is 9.97 Å². The number of nitrogens with zero attached hydrogens (tertiary/aromatic N) is 2. The van der Waals surface area contributed by atoms with Crippen LogP contribution in [0.3, 0.4) is 0 Å². The van der Waals surface area contributed by atoms with Crippen molar-refractivity contribution in [3.63, 3.8) is 0 Å². The molecule has 0 aliphatic rings. The van der Waals surface area contributed by atoms with E-state index in [0.717, 1.165) is 12.8 Å². The molecule has 19 heavy (non-hydrogen) atoms. The van der Waals surface area contributed by atoms with Gasteiger partial charge in [-0.05, 0) is 27.2 Å². The minimum atomic E-state index is -0.380. The lowest BCUT2D eigenvalue weighted by atomic mass is 10.1. The van der Waals surface area contributed by atoms with Crippen LogP contribution in [0.15, 0.2) is 6.20 Å². The van der Waals surface area contributed by atoms with Crippen LogP contribution in [0.25, 0.3) is 0 Å². The average Bonchev–Trinajstić information content (AvgIpc) is 2.38. The highest BCUT2D eigenvalue weighted by Gasteiger charge is 2.18. The third-order valence-electron chi connectivity index (χ3n) is 2.70. The van der Waals surface area contributed by atoms with Crippen molar-refractivity contribution in [3.8, 4) is 0 Å². The molecule has 5 nitrogen and oxygen atoms in total. The van der Waals surface area contributed by atoms with Crippen LogP contribution in [0.4, 0.5) is 0 Å². The van der Waals surface area contributed by atoms with Gasteiger partial charge in [-0.2, -0.15) is 0 Å². The van der Waals surface area contributed by atoms with Crippen LogP contribution in [0, 0.1) is 6.92 Å². The molecule has 106 valence electrons. The molecule has 0 N–H and O–H groups in total. The van der Waals surface area contributed by atoms with Gasteiger partial charge >= 0.3 is 5.97 Å². The van der Waals surface area contributed by atoms with Crippen molar-refractivity contribution in [3.05, 3.63) is 23.3 Å². The minimum Gasteiger partial charge on any atom is -0.462 e. The highest BCUT2D eigenvalue weighted by atomic mass is 16.5. The van der Waals surface area contributed by atoms with Crippen LogP contribution in [-0.4, -0.2) is 29.2 Å². The molecule has 0 aliphatic carbocycles. The average molecular weight is 266 g/mol. The fourth-order valence-corrected chi connectivity index (χ4v) is 1.80.